The van der Waals surface area contributed by atoms with E-state index in [4.69, 9.17) is 19.3 Å². The Hall–Kier alpha value is -1.44. The summed E-state index contributed by atoms with van der Waals surface area (Å²) in [6.45, 7) is -2.71. The maximum atomic E-state index is 10.3. The minimum atomic E-state index is -1.74. The Morgan fingerprint density at radius 3 is 2.00 bits per heavy atom. The highest BCUT2D eigenvalue weighted by Crippen LogP contribution is 2.24. The van der Waals surface area contributed by atoms with Crippen LogP contribution in [0, 0.1) is 20.2 Å². The van der Waals surface area contributed by atoms with Crippen molar-refractivity contribution in [1.29, 1.82) is 0 Å². The van der Waals surface area contributed by atoms with Crippen LogP contribution in [-0.4, -0.2) is 75.9 Å². The van der Waals surface area contributed by atoms with E-state index in [0.29, 0.717) is 0 Å². The van der Waals surface area contributed by atoms with Crippen molar-refractivity contribution < 1.29 is 39.4 Å². The van der Waals surface area contributed by atoms with Crippen molar-refractivity contribution in [2.45, 2.75) is 30.7 Å². The zero-order valence-corrected chi connectivity index (χ0v) is 10.1. The largest absolute Gasteiger partial charge is 0.394 e. The SMILES string of the molecule is O=[N+]([O-])CO[C@@H]1[C@@H](OC[N+](=O)[O-])[C@H](O)[C@@H](CO)O[C@H]1O. The van der Waals surface area contributed by atoms with Gasteiger partial charge in [0.25, 0.3) is 0 Å². The summed E-state index contributed by atoms with van der Waals surface area (Å²) in [6.07, 6.45) is -7.51. The van der Waals surface area contributed by atoms with Crippen LogP contribution in [0.1, 0.15) is 0 Å². The van der Waals surface area contributed by atoms with Crippen molar-refractivity contribution in [3.05, 3.63) is 20.2 Å². The van der Waals surface area contributed by atoms with Crippen LogP contribution >= 0.6 is 0 Å². The Morgan fingerprint density at radius 1 is 1.05 bits per heavy atom. The molecule has 116 valence electrons. The molecule has 3 N–H and O–H groups in total. The summed E-state index contributed by atoms with van der Waals surface area (Å²) < 4.78 is 14.2. The molecule has 0 aromatic heterocycles. The quantitative estimate of drug-likeness (QED) is 0.254. The van der Waals surface area contributed by atoms with Crippen molar-refractivity contribution in [1.82, 2.24) is 0 Å². The third kappa shape index (κ3) is 4.29. The van der Waals surface area contributed by atoms with Gasteiger partial charge in [-0.2, -0.15) is 0 Å². The van der Waals surface area contributed by atoms with E-state index in [1.54, 1.807) is 0 Å². The van der Waals surface area contributed by atoms with Crippen LogP contribution in [-0.2, 0) is 14.2 Å². The van der Waals surface area contributed by atoms with E-state index >= 15 is 0 Å². The number of aliphatic hydroxyl groups excluding tert-OH is 3. The summed E-state index contributed by atoms with van der Waals surface area (Å²) in [4.78, 5) is 18.8. The molecule has 1 aliphatic rings. The summed E-state index contributed by atoms with van der Waals surface area (Å²) in [5.74, 6) is 0. The second-order valence-corrected chi connectivity index (χ2v) is 3.92. The van der Waals surface area contributed by atoms with E-state index in [0.717, 1.165) is 0 Å². The second kappa shape index (κ2) is 7.37. The Bertz CT molecular complexity index is 352. The third-order valence-electron chi connectivity index (χ3n) is 2.56. The van der Waals surface area contributed by atoms with Gasteiger partial charge < -0.3 is 29.5 Å². The molecule has 1 rings (SSSR count). The summed E-state index contributed by atoms with van der Waals surface area (Å²) in [7, 11) is 0. The maximum Gasteiger partial charge on any atom is 0.306 e. The van der Waals surface area contributed by atoms with Gasteiger partial charge in [0.1, 0.15) is 24.4 Å². The first-order valence-electron chi connectivity index (χ1n) is 5.46. The molecule has 1 saturated heterocycles. The van der Waals surface area contributed by atoms with Gasteiger partial charge in [0.05, 0.1) is 6.61 Å². The lowest BCUT2D eigenvalue weighted by Crippen LogP contribution is -2.60. The number of aliphatic hydroxyl groups is 3. The average Bonchev–Trinajstić information content (AvgIpc) is 2.37. The minimum Gasteiger partial charge on any atom is -0.394 e. The van der Waals surface area contributed by atoms with Gasteiger partial charge in [-0.05, 0) is 0 Å². The molecule has 0 aliphatic carbocycles. The first-order chi connectivity index (χ1) is 9.36. The molecule has 0 aromatic rings. The van der Waals surface area contributed by atoms with Crippen molar-refractivity contribution >= 4 is 0 Å². The van der Waals surface area contributed by atoms with Crippen molar-refractivity contribution in [3.8, 4) is 0 Å². The fourth-order valence-electron chi connectivity index (χ4n) is 1.72. The molecule has 0 radical (unpaired) electrons. The van der Waals surface area contributed by atoms with E-state index < -0.39 is 60.6 Å². The normalized spacial score (nSPS) is 33.9. The van der Waals surface area contributed by atoms with Crippen molar-refractivity contribution in [2.75, 3.05) is 20.1 Å². The molecule has 0 amide bonds. The maximum absolute atomic E-state index is 10.3. The lowest BCUT2D eigenvalue weighted by atomic mass is 9.99. The molecule has 0 saturated carbocycles. The van der Waals surface area contributed by atoms with Crippen LogP contribution in [0.25, 0.3) is 0 Å². The van der Waals surface area contributed by atoms with Gasteiger partial charge >= 0.3 is 13.5 Å². The average molecular weight is 298 g/mol. The number of hydrogen-bond acceptors (Lipinski definition) is 10. The number of rotatable bonds is 7. The molecule has 1 heterocycles. The first kappa shape index (κ1) is 16.6. The van der Waals surface area contributed by atoms with Crippen LogP contribution in [0.2, 0.25) is 0 Å². The number of nitrogens with zero attached hydrogens (tertiary/aromatic N) is 2. The van der Waals surface area contributed by atoms with Crippen LogP contribution < -0.4 is 0 Å². The lowest BCUT2D eigenvalue weighted by Gasteiger charge is -2.40. The lowest BCUT2D eigenvalue weighted by molar-refractivity contribution is -0.549. The highest BCUT2D eigenvalue weighted by molar-refractivity contribution is 4.90. The van der Waals surface area contributed by atoms with E-state index in [-0.39, 0.29) is 0 Å². The zero-order chi connectivity index (χ0) is 15.3. The third-order valence-corrected chi connectivity index (χ3v) is 2.56. The van der Waals surface area contributed by atoms with Gasteiger partial charge in [-0.1, -0.05) is 0 Å². The summed E-state index contributed by atoms with van der Waals surface area (Å²) >= 11 is 0. The van der Waals surface area contributed by atoms with Crippen molar-refractivity contribution in [2.24, 2.45) is 0 Å². The predicted octanol–water partition coefficient (Wildman–Crippen LogP) is -2.70. The van der Waals surface area contributed by atoms with Gasteiger partial charge in [-0.3, -0.25) is 20.2 Å². The van der Waals surface area contributed by atoms with E-state index in [9.17, 15) is 30.4 Å². The van der Waals surface area contributed by atoms with Crippen molar-refractivity contribution in [3.63, 3.8) is 0 Å². The Balaban J connectivity index is 2.78. The Morgan fingerprint density at radius 2 is 1.55 bits per heavy atom. The second-order valence-electron chi connectivity index (χ2n) is 3.92. The molecule has 0 unspecified atom stereocenters. The Labute approximate surface area is 111 Å². The first-order valence-corrected chi connectivity index (χ1v) is 5.46. The van der Waals surface area contributed by atoms with Gasteiger partial charge in [0, 0.05) is 9.85 Å². The smallest absolute Gasteiger partial charge is 0.306 e. The van der Waals surface area contributed by atoms with E-state index in [1.165, 1.54) is 0 Å². The molecule has 5 atom stereocenters. The zero-order valence-electron chi connectivity index (χ0n) is 10.1. The standard InChI is InChI=1S/C8H14N2O10/c11-1-4-5(12)6(18-2-9(14)15)7(8(13)20-4)19-3-10(16)17/h4-8,11-13H,1-3H2/t4-,5-,6+,7-,8-/m1/s1. The van der Waals surface area contributed by atoms with Crippen LogP contribution in [0.4, 0.5) is 0 Å². The summed E-state index contributed by atoms with van der Waals surface area (Å²) in [5.41, 5.74) is 0. The number of nitro groups is 2. The molecule has 0 bridgehead atoms. The van der Waals surface area contributed by atoms with Gasteiger partial charge in [0.15, 0.2) is 6.29 Å². The van der Waals surface area contributed by atoms with Crippen LogP contribution in [0.3, 0.4) is 0 Å². The molecule has 0 spiro atoms. The molecular formula is C8H14N2O10. The molecule has 1 aliphatic heterocycles. The van der Waals surface area contributed by atoms with Gasteiger partial charge in [0.2, 0.25) is 0 Å². The molecule has 0 aromatic carbocycles. The van der Waals surface area contributed by atoms with E-state index in [1.807, 2.05) is 0 Å². The number of hydrogen-bond donors (Lipinski definition) is 3. The monoisotopic (exact) mass is 298 g/mol. The van der Waals surface area contributed by atoms with Crippen LogP contribution in [0.5, 0.6) is 0 Å². The predicted molar refractivity (Wildman–Crippen MR) is 57.4 cm³/mol. The van der Waals surface area contributed by atoms with Gasteiger partial charge in [-0.15, -0.1) is 0 Å². The fraction of sp³-hybridized carbons (Fsp3) is 1.00. The number of ether oxygens (including phenoxy) is 3. The molecule has 12 nitrogen and oxygen atoms in total. The summed E-state index contributed by atoms with van der Waals surface area (Å²) in [5, 5.41) is 48.8. The molecule has 20 heavy (non-hydrogen) atoms. The van der Waals surface area contributed by atoms with E-state index in [2.05, 4.69) is 0 Å². The highest BCUT2D eigenvalue weighted by Gasteiger charge is 2.47. The molecular weight excluding hydrogens is 284 g/mol. The topological polar surface area (TPSA) is 175 Å². The molecule has 1 fully saturated rings. The Kier molecular flexibility index (Phi) is 6.12. The van der Waals surface area contributed by atoms with Crippen LogP contribution in [0.15, 0.2) is 0 Å². The van der Waals surface area contributed by atoms with Gasteiger partial charge in [-0.25, -0.2) is 0 Å². The fourth-order valence-corrected chi connectivity index (χ4v) is 1.72. The molecule has 12 heteroatoms. The minimum absolute atomic E-state index is 0.682. The highest BCUT2D eigenvalue weighted by atomic mass is 16.7. The summed E-state index contributed by atoms with van der Waals surface area (Å²) in [6, 6.07) is 0.